The van der Waals surface area contributed by atoms with Gasteiger partial charge in [-0.05, 0) is 103 Å². The zero-order valence-electron chi connectivity index (χ0n) is 44.4. The van der Waals surface area contributed by atoms with Crippen LogP contribution in [0.5, 0.6) is 0 Å². The van der Waals surface area contributed by atoms with Crippen LogP contribution in [-0.4, -0.2) is 97.5 Å². The van der Waals surface area contributed by atoms with Crippen LogP contribution in [0.25, 0.3) is 0 Å². The number of allylic oxidation sites excluding steroid dienone is 18. The Balaban J connectivity index is 2.38. The van der Waals surface area contributed by atoms with E-state index in [0.29, 0.717) is 13.0 Å². The highest BCUT2D eigenvalue weighted by atomic mass is 32.3. The number of esters is 1. The molecule has 0 radical (unpaired) electrons. The molecule has 1 heterocycles. The van der Waals surface area contributed by atoms with Gasteiger partial charge in [-0.15, -0.1) is 0 Å². The second-order valence-electron chi connectivity index (χ2n) is 18.4. The molecule has 13 heteroatoms. The van der Waals surface area contributed by atoms with Crippen LogP contribution in [0.1, 0.15) is 194 Å². The van der Waals surface area contributed by atoms with Crippen molar-refractivity contribution in [3.8, 4) is 0 Å². The Morgan fingerprint density at radius 3 is 1.40 bits per heavy atom. The molecule has 0 aromatic heterocycles. The van der Waals surface area contributed by atoms with Gasteiger partial charge < -0.3 is 34.3 Å². The highest BCUT2D eigenvalue weighted by Crippen LogP contribution is 2.26. The van der Waals surface area contributed by atoms with Crippen molar-refractivity contribution < 1.29 is 56.2 Å². The number of unbranched alkanes of at least 4 members (excludes halogenated alkanes) is 16. The molecule has 4 N–H and O–H groups in total. The van der Waals surface area contributed by atoms with Crippen LogP contribution in [-0.2, 0) is 38.3 Å². The minimum Gasteiger partial charge on any atom is -0.457 e. The number of hydrogen-bond acceptors (Lipinski definition) is 11. The molecule has 6 unspecified atom stereocenters. The molecule has 412 valence electrons. The van der Waals surface area contributed by atoms with Crippen molar-refractivity contribution in [2.24, 2.45) is 0 Å². The predicted molar refractivity (Wildman–Crippen MR) is 294 cm³/mol. The minimum absolute atomic E-state index is 0.0130. The highest BCUT2D eigenvalue weighted by Gasteiger charge is 2.48. The molecule has 0 aliphatic carbocycles. The molecule has 1 aliphatic heterocycles. The lowest BCUT2D eigenvalue weighted by atomic mass is 9.99. The minimum atomic E-state index is -5.08. The average molecular weight is 1030 g/mol. The summed E-state index contributed by atoms with van der Waals surface area (Å²) >= 11 is 0. The van der Waals surface area contributed by atoms with Crippen molar-refractivity contribution in [3.05, 3.63) is 109 Å². The lowest BCUT2D eigenvalue weighted by Gasteiger charge is -2.41. The molecular weight excluding hydrogens is 933 g/mol. The van der Waals surface area contributed by atoms with Gasteiger partial charge in [-0.2, -0.15) is 8.42 Å². The lowest BCUT2D eigenvalue weighted by Crippen LogP contribution is -2.60. The normalized spacial score (nSPS) is 19.8. The fourth-order valence-corrected chi connectivity index (χ4v) is 8.25. The van der Waals surface area contributed by atoms with E-state index in [9.17, 15) is 33.1 Å². The third-order valence-electron chi connectivity index (χ3n) is 11.9. The van der Waals surface area contributed by atoms with Gasteiger partial charge in [-0.1, -0.05) is 194 Å². The van der Waals surface area contributed by atoms with Gasteiger partial charge >= 0.3 is 16.4 Å². The van der Waals surface area contributed by atoms with E-state index >= 15 is 0 Å². The van der Waals surface area contributed by atoms with Crippen LogP contribution < -0.4 is 0 Å². The molecule has 0 saturated carbocycles. The van der Waals surface area contributed by atoms with E-state index in [4.69, 9.17) is 18.9 Å². The Labute approximate surface area is 437 Å². The van der Waals surface area contributed by atoms with Gasteiger partial charge in [0.25, 0.3) is 0 Å². The van der Waals surface area contributed by atoms with Crippen molar-refractivity contribution in [2.45, 2.75) is 230 Å². The molecule has 1 aliphatic rings. The van der Waals surface area contributed by atoms with E-state index in [2.05, 4.69) is 127 Å². The second kappa shape index (κ2) is 48.7. The molecule has 6 atom stereocenters. The second-order valence-corrected chi connectivity index (χ2v) is 19.5. The predicted octanol–water partition coefficient (Wildman–Crippen LogP) is 13.5. The van der Waals surface area contributed by atoms with Crippen molar-refractivity contribution in [3.63, 3.8) is 0 Å². The molecule has 1 fully saturated rings. The van der Waals surface area contributed by atoms with Crippen LogP contribution in [0.3, 0.4) is 0 Å². The molecule has 1 saturated heterocycles. The van der Waals surface area contributed by atoms with Crippen molar-refractivity contribution in [1.82, 2.24) is 0 Å². The van der Waals surface area contributed by atoms with Gasteiger partial charge in [0.1, 0.15) is 30.5 Å². The van der Waals surface area contributed by atoms with Gasteiger partial charge in [0.05, 0.1) is 19.8 Å². The first-order valence-corrected chi connectivity index (χ1v) is 29.0. The van der Waals surface area contributed by atoms with Gasteiger partial charge in [-0.3, -0.25) is 9.35 Å². The summed E-state index contributed by atoms with van der Waals surface area (Å²) in [4.78, 5) is 12.9. The first kappa shape index (κ1) is 66.8. The summed E-state index contributed by atoms with van der Waals surface area (Å²) in [6.07, 6.45) is 59.7. The van der Waals surface area contributed by atoms with Gasteiger partial charge in [0.15, 0.2) is 6.29 Å². The summed E-state index contributed by atoms with van der Waals surface area (Å²) in [6, 6.07) is 0. The molecule has 12 nitrogen and oxygen atoms in total. The largest absolute Gasteiger partial charge is 0.457 e. The number of carbonyl (C=O) groups is 1. The maximum Gasteiger partial charge on any atom is 0.397 e. The smallest absolute Gasteiger partial charge is 0.397 e. The molecule has 0 spiro atoms. The summed E-state index contributed by atoms with van der Waals surface area (Å²) in [5, 5.41) is 30.8. The van der Waals surface area contributed by atoms with E-state index in [0.717, 1.165) is 96.3 Å². The summed E-state index contributed by atoms with van der Waals surface area (Å²) in [7, 11) is -5.08. The van der Waals surface area contributed by atoms with E-state index < -0.39 is 59.8 Å². The lowest BCUT2D eigenvalue weighted by molar-refractivity contribution is -0.301. The van der Waals surface area contributed by atoms with Crippen LogP contribution >= 0.6 is 0 Å². The molecular formula is C59H98O12S. The Morgan fingerprint density at radius 2 is 0.958 bits per heavy atom. The molecule has 0 aromatic rings. The van der Waals surface area contributed by atoms with E-state index in [1.165, 1.54) is 70.6 Å². The third-order valence-corrected chi connectivity index (χ3v) is 12.3. The first-order chi connectivity index (χ1) is 35.1. The molecule has 1 rings (SSSR count). The summed E-state index contributed by atoms with van der Waals surface area (Å²) in [5.41, 5.74) is 0. The zero-order valence-corrected chi connectivity index (χ0v) is 45.3. The fourth-order valence-electron chi connectivity index (χ4n) is 7.74. The summed E-state index contributed by atoms with van der Waals surface area (Å²) in [5.74, 6) is -0.435. The molecule has 72 heavy (non-hydrogen) atoms. The first-order valence-electron chi connectivity index (χ1n) is 27.6. The Morgan fingerprint density at radius 1 is 0.542 bits per heavy atom. The maximum atomic E-state index is 12.9. The van der Waals surface area contributed by atoms with Crippen LogP contribution in [0.2, 0.25) is 0 Å². The standard InChI is InChI=1S/C59H98O12S/c1-3-5-7-9-11-13-15-17-19-21-23-25-26-27-28-29-30-32-34-36-38-40-42-44-46-48-55(61)69-53(52-68-59-57(63)58(71-72(64,65)66)56(62)54(50-60)70-59)51-67-49-47-45-43-41-39-37-35-33-31-24-22-20-18-16-14-12-10-8-6-4-2/h5,7,11-14,17-20,23,25,27-28,30,32,36,38,53-54,56-60,62-63H,3-4,6,8-10,15-16,21-22,24,26,29,31,33-35,37,39-52H2,1-2H3,(H,64,65,66)/b7-5-,13-11-,14-12-,19-17-,20-18-,25-23-,28-27-,32-30-,38-36-. The van der Waals surface area contributed by atoms with Crippen LogP contribution in [0.4, 0.5) is 0 Å². The van der Waals surface area contributed by atoms with Gasteiger partial charge in [-0.25, -0.2) is 4.18 Å². The number of aliphatic hydroxyl groups is 3. The molecule has 0 bridgehead atoms. The Bertz CT molecular complexity index is 1660. The number of ether oxygens (including phenoxy) is 4. The number of aliphatic hydroxyl groups excluding tert-OH is 3. The zero-order chi connectivity index (χ0) is 52.4. The third kappa shape index (κ3) is 41.1. The SMILES string of the molecule is CC/C=C\C/C=C\C/C=C\C/C=C\C/C=C\C/C=C\C/C=C\CCCCCC(=O)OC(COCCCCCCCCCCCC/C=C\C/C=C\CCCCC)COC1OC(CO)C(O)C(OS(=O)(=O)O)C1O. The van der Waals surface area contributed by atoms with E-state index in [1.54, 1.807) is 0 Å². The topological polar surface area (TPSA) is 178 Å². The molecule has 0 amide bonds. The van der Waals surface area contributed by atoms with E-state index in [-0.39, 0.29) is 19.6 Å². The monoisotopic (exact) mass is 1030 g/mol. The quantitative estimate of drug-likeness (QED) is 0.0197. The van der Waals surface area contributed by atoms with Gasteiger partial charge in [0.2, 0.25) is 0 Å². The summed E-state index contributed by atoms with van der Waals surface area (Å²) in [6.45, 7) is 3.80. The Hall–Kier alpha value is -3.24. The van der Waals surface area contributed by atoms with Gasteiger partial charge in [0, 0.05) is 13.0 Å². The van der Waals surface area contributed by atoms with Crippen molar-refractivity contribution in [2.75, 3.05) is 26.4 Å². The Kier molecular flexibility index (Phi) is 45.2. The fraction of sp³-hybridized carbons (Fsp3) is 0.678. The van der Waals surface area contributed by atoms with Crippen LogP contribution in [0, 0.1) is 0 Å². The number of hydrogen-bond donors (Lipinski definition) is 4. The number of carbonyl (C=O) groups excluding carboxylic acids is 1. The van der Waals surface area contributed by atoms with Crippen molar-refractivity contribution >= 4 is 16.4 Å². The maximum absolute atomic E-state index is 12.9. The number of rotatable bonds is 47. The average Bonchev–Trinajstić information content (AvgIpc) is 3.36. The summed E-state index contributed by atoms with van der Waals surface area (Å²) < 4.78 is 59.3. The van der Waals surface area contributed by atoms with Crippen molar-refractivity contribution in [1.29, 1.82) is 0 Å². The molecule has 0 aromatic carbocycles. The van der Waals surface area contributed by atoms with Crippen LogP contribution in [0.15, 0.2) is 109 Å². The van der Waals surface area contributed by atoms with E-state index in [1.807, 2.05) is 0 Å². The highest BCUT2D eigenvalue weighted by molar-refractivity contribution is 7.80.